The van der Waals surface area contributed by atoms with Gasteiger partial charge in [0.15, 0.2) is 0 Å². The summed E-state index contributed by atoms with van der Waals surface area (Å²) in [6.45, 7) is -0.639. The summed E-state index contributed by atoms with van der Waals surface area (Å²) in [4.78, 5) is 13.2. The standard InChI is InChI=1S/C16H14F4N4OS/c17-14(18)10-5-11(15(19)20)24(23-10)7-13(25)22-16-9(6-21)8-3-1-2-4-12(8)26-16/h5,14-15H,1-4,7H2,(H,22,25). The van der Waals surface area contributed by atoms with Gasteiger partial charge in [-0.05, 0) is 37.3 Å². The van der Waals surface area contributed by atoms with Crippen molar-refractivity contribution in [3.63, 3.8) is 0 Å². The van der Waals surface area contributed by atoms with Gasteiger partial charge in [0.1, 0.15) is 29.0 Å². The third-order valence-corrected chi connectivity index (χ3v) is 5.31. The summed E-state index contributed by atoms with van der Waals surface area (Å²) >= 11 is 1.29. The Morgan fingerprint density at radius 1 is 1.31 bits per heavy atom. The Bertz CT molecular complexity index is 868. The van der Waals surface area contributed by atoms with Crippen LogP contribution in [0.25, 0.3) is 0 Å². The molecule has 0 saturated heterocycles. The number of rotatable bonds is 5. The van der Waals surface area contributed by atoms with E-state index in [4.69, 9.17) is 0 Å². The molecule has 0 bridgehead atoms. The number of fused-ring (bicyclic) bond motifs is 1. The number of amides is 1. The molecule has 0 aliphatic heterocycles. The number of aryl methyl sites for hydroxylation is 1. The lowest BCUT2D eigenvalue weighted by atomic mass is 9.96. The van der Waals surface area contributed by atoms with Crippen molar-refractivity contribution in [3.8, 4) is 6.07 Å². The molecule has 0 saturated carbocycles. The van der Waals surface area contributed by atoms with E-state index in [0.29, 0.717) is 21.3 Å². The van der Waals surface area contributed by atoms with Crippen LogP contribution in [-0.2, 0) is 24.2 Å². The van der Waals surface area contributed by atoms with Gasteiger partial charge in [-0.15, -0.1) is 11.3 Å². The van der Waals surface area contributed by atoms with E-state index >= 15 is 0 Å². The van der Waals surface area contributed by atoms with Gasteiger partial charge in [0.2, 0.25) is 5.91 Å². The zero-order valence-corrected chi connectivity index (χ0v) is 14.3. The lowest BCUT2D eigenvalue weighted by molar-refractivity contribution is -0.117. The van der Waals surface area contributed by atoms with Gasteiger partial charge >= 0.3 is 0 Å². The van der Waals surface area contributed by atoms with E-state index in [1.54, 1.807) is 0 Å². The lowest BCUT2D eigenvalue weighted by Crippen LogP contribution is -2.21. The molecular weight excluding hydrogens is 372 g/mol. The van der Waals surface area contributed by atoms with E-state index < -0.39 is 36.7 Å². The second-order valence-electron chi connectivity index (χ2n) is 5.83. The maximum Gasteiger partial charge on any atom is 0.282 e. The molecule has 2 aromatic heterocycles. The van der Waals surface area contributed by atoms with Gasteiger partial charge < -0.3 is 5.32 Å². The lowest BCUT2D eigenvalue weighted by Gasteiger charge is -2.09. The number of halogens is 4. The normalized spacial score (nSPS) is 13.7. The van der Waals surface area contributed by atoms with E-state index in [-0.39, 0.29) is 0 Å². The Kier molecular flexibility index (Phi) is 5.27. The van der Waals surface area contributed by atoms with Gasteiger partial charge in [-0.2, -0.15) is 10.4 Å². The Labute approximate surface area is 150 Å². The zero-order valence-electron chi connectivity index (χ0n) is 13.4. The van der Waals surface area contributed by atoms with Gasteiger partial charge in [-0.3, -0.25) is 9.48 Å². The fraction of sp³-hybridized carbons (Fsp3) is 0.438. The summed E-state index contributed by atoms with van der Waals surface area (Å²) in [5.74, 6) is -0.703. The minimum absolute atomic E-state index is 0.365. The number of hydrogen-bond acceptors (Lipinski definition) is 4. The van der Waals surface area contributed by atoms with E-state index in [0.717, 1.165) is 36.1 Å². The maximum absolute atomic E-state index is 13.0. The highest BCUT2D eigenvalue weighted by Gasteiger charge is 2.24. The molecule has 0 radical (unpaired) electrons. The molecular formula is C16H14F4N4OS. The average molecular weight is 386 g/mol. The third-order valence-electron chi connectivity index (χ3n) is 4.11. The van der Waals surface area contributed by atoms with Crippen molar-refractivity contribution in [1.82, 2.24) is 9.78 Å². The van der Waals surface area contributed by atoms with Crippen molar-refractivity contribution in [2.45, 2.75) is 45.1 Å². The van der Waals surface area contributed by atoms with Crippen LogP contribution in [0, 0.1) is 11.3 Å². The number of carbonyl (C=O) groups excluding carboxylic acids is 1. The third kappa shape index (κ3) is 3.58. The van der Waals surface area contributed by atoms with E-state index in [9.17, 15) is 27.6 Å². The van der Waals surface area contributed by atoms with Gasteiger partial charge in [0.25, 0.3) is 12.9 Å². The molecule has 0 unspecified atom stereocenters. The molecule has 2 aromatic rings. The molecule has 0 fully saturated rings. The molecule has 0 spiro atoms. The monoisotopic (exact) mass is 386 g/mol. The van der Waals surface area contributed by atoms with Crippen LogP contribution < -0.4 is 5.32 Å². The minimum Gasteiger partial charge on any atom is -0.315 e. The van der Waals surface area contributed by atoms with Crippen molar-refractivity contribution in [1.29, 1.82) is 5.26 Å². The zero-order chi connectivity index (χ0) is 18.8. The topological polar surface area (TPSA) is 70.7 Å². The largest absolute Gasteiger partial charge is 0.315 e. The Morgan fingerprint density at radius 2 is 2.04 bits per heavy atom. The average Bonchev–Trinajstić information content (AvgIpc) is 3.15. The van der Waals surface area contributed by atoms with Gasteiger partial charge in [0, 0.05) is 4.88 Å². The molecule has 1 aliphatic rings. The summed E-state index contributed by atoms with van der Waals surface area (Å²) in [6.07, 6.45) is -2.48. The molecule has 0 atom stereocenters. The second-order valence-corrected chi connectivity index (χ2v) is 6.93. The molecule has 1 amide bonds. The number of nitrogens with zero attached hydrogens (tertiary/aromatic N) is 3. The summed E-state index contributed by atoms with van der Waals surface area (Å²) < 4.78 is 51.9. The maximum atomic E-state index is 13.0. The van der Waals surface area contributed by atoms with Crippen LogP contribution in [-0.4, -0.2) is 15.7 Å². The predicted molar refractivity (Wildman–Crippen MR) is 86.4 cm³/mol. The molecule has 26 heavy (non-hydrogen) atoms. The highest BCUT2D eigenvalue weighted by molar-refractivity contribution is 7.16. The van der Waals surface area contributed by atoms with Crippen LogP contribution >= 0.6 is 11.3 Å². The van der Waals surface area contributed by atoms with Crippen LogP contribution in [0.5, 0.6) is 0 Å². The van der Waals surface area contributed by atoms with E-state index in [1.165, 1.54) is 11.3 Å². The van der Waals surface area contributed by atoms with Crippen LogP contribution in [0.4, 0.5) is 22.6 Å². The number of hydrogen-bond donors (Lipinski definition) is 1. The Morgan fingerprint density at radius 3 is 2.69 bits per heavy atom. The van der Waals surface area contributed by atoms with Crippen LogP contribution in [0.15, 0.2) is 6.07 Å². The quantitative estimate of drug-likeness (QED) is 0.783. The predicted octanol–water partition coefficient (Wildman–Crippen LogP) is 4.21. The smallest absolute Gasteiger partial charge is 0.282 e. The minimum atomic E-state index is -3.04. The fourth-order valence-corrected chi connectivity index (χ4v) is 4.19. The van der Waals surface area contributed by atoms with Crippen molar-refractivity contribution in [3.05, 3.63) is 33.5 Å². The Balaban J connectivity index is 1.80. The highest BCUT2D eigenvalue weighted by Crippen LogP contribution is 2.37. The fourth-order valence-electron chi connectivity index (χ4n) is 2.94. The summed E-state index contributed by atoms with van der Waals surface area (Å²) in [6, 6.07) is 2.67. The van der Waals surface area contributed by atoms with Crippen molar-refractivity contribution < 1.29 is 22.4 Å². The molecule has 3 rings (SSSR count). The van der Waals surface area contributed by atoms with Gasteiger partial charge in [-0.25, -0.2) is 17.6 Å². The summed E-state index contributed by atoms with van der Waals surface area (Å²) in [5.41, 5.74) is -0.244. The number of alkyl halides is 4. The van der Waals surface area contributed by atoms with Gasteiger partial charge in [-0.1, -0.05) is 0 Å². The molecule has 2 heterocycles. The van der Waals surface area contributed by atoms with Crippen LogP contribution in [0.3, 0.4) is 0 Å². The van der Waals surface area contributed by atoms with Crippen LogP contribution in [0.2, 0.25) is 0 Å². The second kappa shape index (κ2) is 7.45. The molecule has 0 aromatic carbocycles. The van der Waals surface area contributed by atoms with Crippen molar-refractivity contribution >= 4 is 22.2 Å². The number of aromatic nitrogens is 2. The van der Waals surface area contributed by atoms with Crippen LogP contribution in [0.1, 0.15) is 53.1 Å². The van der Waals surface area contributed by atoms with E-state index in [2.05, 4.69) is 16.5 Å². The molecule has 1 aliphatic carbocycles. The molecule has 1 N–H and O–H groups in total. The first-order valence-electron chi connectivity index (χ1n) is 7.89. The van der Waals surface area contributed by atoms with Crippen molar-refractivity contribution in [2.24, 2.45) is 0 Å². The number of carbonyl (C=O) groups is 1. The summed E-state index contributed by atoms with van der Waals surface area (Å²) in [5, 5.41) is 15.6. The number of nitriles is 1. The SMILES string of the molecule is N#Cc1c(NC(=O)Cn2nc(C(F)F)cc2C(F)F)sc2c1CCCC2. The van der Waals surface area contributed by atoms with Gasteiger partial charge in [0.05, 0.1) is 5.56 Å². The Hall–Kier alpha value is -2.41. The summed E-state index contributed by atoms with van der Waals surface area (Å²) in [7, 11) is 0. The first kappa shape index (κ1) is 18.4. The number of anilines is 1. The highest BCUT2D eigenvalue weighted by atomic mass is 32.1. The number of nitrogens with one attached hydrogen (secondary N) is 1. The first-order chi connectivity index (χ1) is 12.4. The molecule has 5 nitrogen and oxygen atoms in total. The van der Waals surface area contributed by atoms with E-state index in [1.807, 2.05) is 0 Å². The molecule has 10 heteroatoms. The number of thiophene rings is 1. The first-order valence-corrected chi connectivity index (χ1v) is 8.70. The molecule has 138 valence electrons. The van der Waals surface area contributed by atoms with Crippen molar-refractivity contribution in [2.75, 3.05) is 5.32 Å².